The van der Waals surface area contributed by atoms with Crippen molar-refractivity contribution in [2.75, 3.05) is 26.6 Å². The minimum atomic E-state index is 0.356. The highest BCUT2D eigenvalue weighted by Crippen LogP contribution is 2.29. The lowest BCUT2D eigenvalue weighted by Gasteiger charge is -2.22. The predicted octanol–water partition coefficient (Wildman–Crippen LogP) is 3.47. The van der Waals surface area contributed by atoms with Gasteiger partial charge in [0.15, 0.2) is 17.5 Å². The van der Waals surface area contributed by atoms with Crippen LogP contribution in [0.15, 0.2) is 47.5 Å². The standard InChI is InChI=1S/C21H30N4O2/c1-15(2)25(3)14-17-9-7-6-8-16(17)13-23-21(22)24-18-10-11-19(26-4)20(12-18)27-5/h6-12,15H,13-14H2,1-5H3,(H3,22,23,24). The zero-order chi connectivity index (χ0) is 19.8. The molecule has 2 aromatic rings. The number of hydrogen-bond acceptors (Lipinski definition) is 4. The summed E-state index contributed by atoms with van der Waals surface area (Å²) >= 11 is 0. The molecule has 3 N–H and O–H groups in total. The number of guanidine groups is 1. The summed E-state index contributed by atoms with van der Waals surface area (Å²) in [6.45, 7) is 5.78. The van der Waals surface area contributed by atoms with Gasteiger partial charge in [-0.25, -0.2) is 4.99 Å². The average molecular weight is 370 g/mol. The van der Waals surface area contributed by atoms with Crippen LogP contribution in [0.2, 0.25) is 0 Å². The molecule has 0 aliphatic heterocycles. The first kappa shape index (κ1) is 20.6. The Balaban J connectivity index is 2.08. The third-order valence-corrected chi connectivity index (χ3v) is 4.50. The van der Waals surface area contributed by atoms with Gasteiger partial charge in [0.2, 0.25) is 0 Å². The molecule has 0 saturated heterocycles. The van der Waals surface area contributed by atoms with Crippen molar-refractivity contribution in [2.45, 2.75) is 33.0 Å². The van der Waals surface area contributed by atoms with Crippen LogP contribution in [0.1, 0.15) is 25.0 Å². The highest BCUT2D eigenvalue weighted by atomic mass is 16.5. The van der Waals surface area contributed by atoms with Crippen molar-refractivity contribution in [1.29, 1.82) is 0 Å². The maximum atomic E-state index is 6.07. The Kier molecular flexibility index (Phi) is 7.49. The summed E-state index contributed by atoms with van der Waals surface area (Å²) in [5.41, 5.74) is 9.29. The lowest BCUT2D eigenvalue weighted by molar-refractivity contribution is 0.265. The monoisotopic (exact) mass is 370 g/mol. The summed E-state index contributed by atoms with van der Waals surface area (Å²) in [6.07, 6.45) is 0. The van der Waals surface area contributed by atoms with Crippen LogP contribution in [0.3, 0.4) is 0 Å². The first-order chi connectivity index (χ1) is 12.9. The minimum absolute atomic E-state index is 0.356. The van der Waals surface area contributed by atoms with Crippen molar-refractivity contribution >= 4 is 11.6 Å². The van der Waals surface area contributed by atoms with Crippen LogP contribution in [-0.4, -0.2) is 38.2 Å². The van der Waals surface area contributed by atoms with Crippen LogP contribution >= 0.6 is 0 Å². The average Bonchev–Trinajstić information content (AvgIpc) is 2.67. The van der Waals surface area contributed by atoms with E-state index in [2.05, 4.69) is 54.3 Å². The Morgan fingerprint density at radius 1 is 1.07 bits per heavy atom. The maximum Gasteiger partial charge on any atom is 0.193 e. The number of hydrogen-bond donors (Lipinski definition) is 2. The Labute approximate surface area is 162 Å². The zero-order valence-electron chi connectivity index (χ0n) is 16.8. The number of rotatable bonds is 8. The van der Waals surface area contributed by atoms with Crippen LogP contribution in [0.4, 0.5) is 5.69 Å². The molecule has 0 aromatic heterocycles. The van der Waals surface area contributed by atoms with Crippen molar-refractivity contribution in [1.82, 2.24) is 4.90 Å². The smallest absolute Gasteiger partial charge is 0.193 e. The van der Waals surface area contributed by atoms with E-state index in [4.69, 9.17) is 15.2 Å². The van der Waals surface area contributed by atoms with E-state index in [9.17, 15) is 0 Å². The van der Waals surface area contributed by atoms with E-state index in [-0.39, 0.29) is 0 Å². The largest absolute Gasteiger partial charge is 0.493 e. The van der Waals surface area contributed by atoms with Gasteiger partial charge in [0.05, 0.1) is 20.8 Å². The maximum absolute atomic E-state index is 6.07. The number of nitrogens with two attached hydrogens (primary N) is 1. The molecule has 0 aliphatic rings. The molecule has 0 radical (unpaired) electrons. The van der Waals surface area contributed by atoms with Gasteiger partial charge in [0.1, 0.15) is 0 Å². The molecule has 0 saturated carbocycles. The van der Waals surface area contributed by atoms with E-state index in [0.29, 0.717) is 30.0 Å². The van der Waals surface area contributed by atoms with Gasteiger partial charge in [-0.05, 0) is 44.2 Å². The van der Waals surface area contributed by atoms with Gasteiger partial charge < -0.3 is 20.5 Å². The molecular formula is C21H30N4O2. The number of benzene rings is 2. The Morgan fingerprint density at radius 3 is 2.37 bits per heavy atom. The summed E-state index contributed by atoms with van der Waals surface area (Å²) in [5, 5.41) is 3.10. The highest BCUT2D eigenvalue weighted by Gasteiger charge is 2.08. The lowest BCUT2D eigenvalue weighted by atomic mass is 10.1. The third-order valence-electron chi connectivity index (χ3n) is 4.50. The van der Waals surface area contributed by atoms with Gasteiger partial charge in [-0.2, -0.15) is 0 Å². The molecule has 146 valence electrons. The molecule has 6 nitrogen and oxygen atoms in total. The first-order valence-corrected chi connectivity index (χ1v) is 9.00. The van der Waals surface area contributed by atoms with E-state index < -0.39 is 0 Å². The second-order valence-corrected chi connectivity index (χ2v) is 6.67. The van der Waals surface area contributed by atoms with Gasteiger partial charge in [-0.1, -0.05) is 24.3 Å². The summed E-state index contributed by atoms with van der Waals surface area (Å²) in [6, 6.07) is 14.3. The third kappa shape index (κ3) is 5.89. The predicted molar refractivity (Wildman–Crippen MR) is 112 cm³/mol. The van der Waals surface area contributed by atoms with Crippen LogP contribution in [0.25, 0.3) is 0 Å². The molecule has 0 amide bonds. The second kappa shape index (κ2) is 9.83. The summed E-state index contributed by atoms with van der Waals surface area (Å²) in [4.78, 5) is 6.79. The number of anilines is 1. The number of nitrogens with zero attached hydrogens (tertiary/aromatic N) is 2. The zero-order valence-corrected chi connectivity index (χ0v) is 16.8. The number of aliphatic imine (C=N–C) groups is 1. The summed E-state index contributed by atoms with van der Waals surface area (Å²) in [5.74, 6) is 1.66. The van der Waals surface area contributed by atoms with Crippen molar-refractivity contribution < 1.29 is 9.47 Å². The van der Waals surface area contributed by atoms with Gasteiger partial charge in [0.25, 0.3) is 0 Å². The normalized spacial score (nSPS) is 11.7. The summed E-state index contributed by atoms with van der Waals surface area (Å²) < 4.78 is 10.6. The van der Waals surface area contributed by atoms with E-state index >= 15 is 0 Å². The fourth-order valence-corrected chi connectivity index (χ4v) is 2.59. The highest BCUT2D eigenvalue weighted by molar-refractivity contribution is 5.92. The quantitative estimate of drug-likeness (QED) is 0.550. The molecule has 0 fully saturated rings. The van der Waals surface area contributed by atoms with Crippen molar-refractivity contribution in [2.24, 2.45) is 10.7 Å². The van der Waals surface area contributed by atoms with E-state index in [1.165, 1.54) is 11.1 Å². The first-order valence-electron chi connectivity index (χ1n) is 9.00. The van der Waals surface area contributed by atoms with Gasteiger partial charge >= 0.3 is 0 Å². The van der Waals surface area contributed by atoms with E-state index in [1.807, 2.05) is 24.3 Å². The molecule has 0 bridgehead atoms. The van der Waals surface area contributed by atoms with Gasteiger partial charge in [-0.15, -0.1) is 0 Å². The summed E-state index contributed by atoms with van der Waals surface area (Å²) in [7, 11) is 5.33. The molecule has 6 heteroatoms. The molecule has 27 heavy (non-hydrogen) atoms. The molecule has 0 heterocycles. The molecule has 2 rings (SSSR count). The SMILES string of the molecule is COc1ccc(NC(N)=NCc2ccccc2CN(C)C(C)C)cc1OC. The number of ether oxygens (including phenoxy) is 2. The van der Waals surface area contributed by atoms with E-state index in [0.717, 1.165) is 12.2 Å². The topological polar surface area (TPSA) is 72.1 Å². The number of nitrogens with one attached hydrogen (secondary N) is 1. The Morgan fingerprint density at radius 2 is 1.74 bits per heavy atom. The van der Waals surface area contributed by atoms with Crippen LogP contribution in [0, 0.1) is 0 Å². The fraction of sp³-hybridized carbons (Fsp3) is 0.381. The Bertz CT molecular complexity index is 775. The molecule has 0 atom stereocenters. The molecular weight excluding hydrogens is 340 g/mol. The fourth-order valence-electron chi connectivity index (χ4n) is 2.59. The molecule has 0 spiro atoms. The molecule has 0 unspecified atom stereocenters. The van der Waals surface area contributed by atoms with Crippen LogP contribution in [-0.2, 0) is 13.1 Å². The molecule has 0 aliphatic carbocycles. The van der Waals surface area contributed by atoms with Gasteiger partial charge in [0, 0.05) is 24.3 Å². The minimum Gasteiger partial charge on any atom is -0.493 e. The van der Waals surface area contributed by atoms with Crippen molar-refractivity contribution in [3.05, 3.63) is 53.6 Å². The van der Waals surface area contributed by atoms with Crippen LogP contribution < -0.4 is 20.5 Å². The number of methoxy groups -OCH3 is 2. The van der Waals surface area contributed by atoms with Gasteiger partial charge in [-0.3, -0.25) is 4.90 Å². The van der Waals surface area contributed by atoms with Crippen LogP contribution in [0.5, 0.6) is 11.5 Å². The lowest BCUT2D eigenvalue weighted by Crippen LogP contribution is -2.26. The van der Waals surface area contributed by atoms with E-state index in [1.54, 1.807) is 14.2 Å². The second-order valence-electron chi connectivity index (χ2n) is 6.67. The van der Waals surface area contributed by atoms with Crippen molar-refractivity contribution in [3.63, 3.8) is 0 Å². The molecule has 2 aromatic carbocycles. The van der Waals surface area contributed by atoms with Crippen molar-refractivity contribution in [3.8, 4) is 11.5 Å². The Hall–Kier alpha value is -2.73.